The molecule has 0 saturated carbocycles. The van der Waals surface area contributed by atoms with Gasteiger partial charge in [-0.25, -0.2) is 9.59 Å². The van der Waals surface area contributed by atoms with Crippen LogP contribution in [-0.4, -0.2) is 49.3 Å². The van der Waals surface area contributed by atoms with Crippen LogP contribution in [0, 0.1) is 0 Å². The van der Waals surface area contributed by atoms with E-state index in [2.05, 4.69) is 0 Å². The van der Waals surface area contributed by atoms with Crippen molar-refractivity contribution in [3.8, 4) is 5.75 Å². The summed E-state index contributed by atoms with van der Waals surface area (Å²) in [4.78, 5) is 26.9. The van der Waals surface area contributed by atoms with Gasteiger partial charge in [0.05, 0.1) is 24.3 Å². The van der Waals surface area contributed by atoms with Gasteiger partial charge < -0.3 is 28.4 Å². The number of fused-ring (bicyclic) bond motifs is 1. The molecule has 1 aliphatic heterocycles. The molecule has 52 heavy (non-hydrogen) atoms. The number of hydrogen-bond acceptors (Lipinski definition) is 8. The van der Waals surface area contributed by atoms with Crippen molar-refractivity contribution in [2.75, 3.05) is 6.61 Å². The van der Waals surface area contributed by atoms with Crippen molar-refractivity contribution >= 4 is 22.7 Å². The fourth-order valence-electron chi connectivity index (χ4n) is 6.10. The van der Waals surface area contributed by atoms with Crippen LogP contribution < -0.4 is 4.74 Å². The molecule has 6 aromatic rings. The fourth-order valence-corrected chi connectivity index (χ4v) is 6.10. The summed E-state index contributed by atoms with van der Waals surface area (Å²) in [6.45, 7) is 0.120. The van der Waals surface area contributed by atoms with Crippen LogP contribution in [0.15, 0.2) is 164 Å². The van der Waals surface area contributed by atoms with Gasteiger partial charge >= 0.3 is 11.9 Å². The molecule has 7 rings (SSSR count). The summed E-state index contributed by atoms with van der Waals surface area (Å²) in [6.07, 6.45) is -4.95. The second-order valence-corrected chi connectivity index (χ2v) is 12.4. The molecule has 0 spiro atoms. The van der Waals surface area contributed by atoms with E-state index in [1.54, 1.807) is 48.5 Å². The van der Waals surface area contributed by atoms with Crippen LogP contribution in [0.1, 0.15) is 31.8 Å². The van der Waals surface area contributed by atoms with E-state index < -0.39 is 42.6 Å². The van der Waals surface area contributed by atoms with E-state index in [1.165, 1.54) is 0 Å². The molecule has 0 unspecified atom stereocenters. The molecule has 262 valence electrons. The molecule has 8 heteroatoms. The van der Waals surface area contributed by atoms with Crippen molar-refractivity contribution in [3.63, 3.8) is 0 Å². The number of hydrogen-bond donors (Lipinski definition) is 0. The lowest BCUT2D eigenvalue weighted by atomic mass is 9.97. The summed E-state index contributed by atoms with van der Waals surface area (Å²) in [5, 5.41) is 2.04. The van der Waals surface area contributed by atoms with Gasteiger partial charge in [0.2, 0.25) is 6.29 Å². The first-order valence-corrected chi connectivity index (χ1v) is 17.2. The molecule has 6 aromatic carbocycles. The molecule has 5 atom stereocenters. The van der Waals surface area contributed by atoms with Gasteiger partial charge in [0.25, 0.3) is 0 Å². The Morgan fingerprint density at radius 3 is 1.65 bits per heavy atom. The zero-order chi connectivity index (χ0) is 35.5. The smallest absolute Gasteiger partial charge is 0.338 e. The van der Waals surface area contributed by atoms with Gasteiger partial charge in [0.15, 0.2) is 6.10 Å². The molecule has 1 fully saturated rings. The molecule has 8 nitrogen and oxygen atoms in total. The molecule has 0 aliphatic carbocycles. The van der Waals surface area contributed by atoms with Crippen molar-refractivity contribution in [2.45, 2.75) is 43.9 Å². The van der Waals surface area contributed by atoms with Crippen molar-refractivity contribution in [2.24, 2.45) is 0 Å². The molecule has 1 saturated heterocycles. The minimum Gasteiger partial charge on any atom is -0.462 e. The van der Waals surface area contributed by atoms with E-state index in [1.807, 2.05) is 115 Å². The van der Waals surface area contributed by atoms with Gasteiger partial charge in [-0.05, 0) is 58.3 Å². The third-order valence-corrected chi connectivity index (χ3v) is 8.78. The lowest BCUT2D eigenvalue weighted by Crippen LogP contribution is -2.63. The largest absolute Gasteiger partial charge is 0.462 e. The molecule has 0 aromatic heterocycles. The highest BCUT2D eigenvalue weighted by molar-refractivity contribution is 5.90. The first-order chi connectivity index (χ1) is 25.6. The normalized spacial score (nSPS) is 19.8. The molecule has 0 amide bonds. The van der Waals surface area contributed by atoms with Crippen molar-refractivity contribution in [3.05, 3.63) is 186 Å². The minimum atomic E-state index is -1.07. The maximum atomic E-state index is 13.7. The van der Waals surface area contributed by atoms with E-state index in [4.69, 9.17) is 28.4 Å². The maximum Gasteiger partial charge on any atom is 0.338 e. The lowest BCUT2D eigenvalue weighted by Gasteiger charge is -2.45. The van der Waals surface area contributed by atoms with E-state index in [0.29, 0.717) is 16.9 Å². The Balaban J connectivity index is 1.26. The highest BCUT2D eigenvalue weighted by Crippen LogP contribution is 2.33. The third kappa shape index (κ3) is 8.73. The predicted octanol–water partition coefficient (Wildman–Crippen LogP) is 8.20. The highest BCUT2D eigenvalue weighted by Gasteiger charge is 2.51. The summed E-state index contributed by atoms with van der Waals surface area (Å²) in [5.74, 6) is -0.593. The first kappa shape index (κ1) is 34.6. The predicted molar refractivity (Wildman–Crippen MR) is 196 cm³/mol. The number of ether oxygens (including phenoxy) is 6. The summed E-state index contributed by atoms with van der Waals surface area (Å²) >= 11 is 0. The van der Waals surface area contributed by atoms with E-state index >= 15 is 0 Å². The molecule has 0 N–H and O–H groups in total. The minimum absolute atomic E-state index is 0.176. The SMILES string of the molecule is O=C(OC[C@H]1O[C@@H](Oc2ccc3ccccc3c2)[C@H](OCc2ccccc2)[C@@H](OCc2ccccc2)[C@H]1OC(=O)c1ccccc1)c1ccccc1. The van der Waals surface area contributed by atoms with Gasteiger partial charge in [-0.2, -0.15) is 0 Å². The van der Waals surface area contributed by atoms with Gasteiger partial charge in [-0.15, -0.1) is 0 Å². The van der Waals surface area contributed by atoms with Crippen LogP contribution in [0.5, 0.6) is 5.75 Å². The Labute approximate surface area is 302 Å². The summed E-state index contributed by atoms with van der Waals surface area (Å²) < 4.78 is 38.6. The second kappa shape index (κ2) is 16.9. The van der Waals surface area contributed by atoms with Gasteiger partial charge in [-0.1, -0.05) is 127 Å². The zero-order valence-corrected chi connectivity index (χ0v) is 28.4. The quantitative estimate of drug-likeness (QED) is 0.112. The monoisotopic (exact) mass is 694 g/mol. The van der Waals surface area contributed by atoms with Gasteiger partial charge in [-0.3, -0.25) is 0 Å². The van der Waals surface area contributed by atoms with Crippen LogP contribution >= 0.6 is 0 Å². The van der Waals surface area contributed by atoms with Crippen LogP contribution in [0.25, 0.3) is 10.8 Å². The van der Waals surface area contributed by atoms with E-state index in [-0.39, 0.29) is 19.8 Å². The second-order valence-electron chi connectivity index (χ2n) is 12.4. The Hall–Kier alpha value is -5.80. The van der Waals surface area contributed by atoms with E-state index in [0.717, 1.165) is 21.9 Å². The maximum absolute atomic E-state index is 13.7. The molecular weight excluding hydrogens is 656 g/mol. The Morgan fingerprint density at radius 1 is 0.519 bits per heavy atom. The van der Waals surface area contributed by atoms with Crippen molar-refractivity contribution < 1.29 is 38.0 Å². The molecule has 0 bridgehead atoms. The Kier molecular flexibility index (Phi) is 11.3. The Bertz CT molecular complexity index is 2040. The lowest BCUT2D eigenvalue weighted by molar-refractivity contribution is -0.298. The molecule has 0 radical (unpaired) electrons. The summed E-state index contributed by atoms with van der Waals surface area (Å²) in [7, 11) is 0. The van der Waals surface area contributed by atoms with Crippen molar-refractivity contribution in [1.82, 2.24) is 0 Å². The Morgan fingerprint density at radius 2 is 1.04 bits per heavy atom. The van der Waals surface area contributed by atoms with Gasteiger partial charge in [0, 0.05) is 0 Å². The molecular formula is C44H38O8. The third-order valence-electron chi connectivity index (χ3n) is 8.78. The standard InChI is InChI=1S/C44H38O8/c45-42(34-20-9-3-10-21-34)49-30-38-39(52-43(46)35-22-11-4-12-23-35)40(47-28-31-15-5-1-6-16-31)41(48-29-32-17-7-2-8-18-32)44(51-38)50-37-26-25-33-19-13-14-24-36(33)27-37/h1-27,38-41,44H,28-30H2/t38-,39+,40+,41-,44-/m1/s1. The van der Waals surface area contributed by atoms with E-state index in [9.17, 15) is 9.59 Å². The van der Waals surface area contributed by atoms with Crippen LogP contribution in [0.2, 0.25) is 0 Å². The number of carbonyl (C=O) groups is 2. The number of rotatable bonds is 13. The number of benzene rings is 6. The van der Waals surface area contributed by atoms with Crippen LogP contribution in [0.3, 0.4) is 0 Å². The number of carbonyl (C=O) groups excluding carboxylic acids is 2. The average Bonchev–Trinajstić information content (AvgIpc) is 3.20. The zero-order valence-electron chi connectivity index (χ0n) is 28.4. The summed E-state index contributed by atoms with van der Waals surface area (Å²) in [5.41, 5.74) is 2.55. The average molecular weight is 695 g/mol. The fraction of sp³-hybridized carbons (Fsp3) is 0.182. The van der Waals surface area contributed by atoms with Crippen LogP contribution in [0.4, 0.5) is 0 Å². The van der Waals surface area contributed by atoms with Crippen molar-refractivity contribution in [1.29, 1.82) is 0 Å². The number of esters is 2. The first-order valence-electron chi connectivity index (χ1n) is 17.2. The van der Waals surface area contributed by atoms with Crippen LogP contribution in [-0.2, 0) is 36.9 Å². The van der Waals surface area contributed by atoms with Gasteiger partial charge in [0.1, 0.15) is 30.7 Å². The molecule has 1 heterocycles. The topological polar surface area (TPSA) is 89.5 Å². The molecule has 1 aliphatic rings. The summed E-state index contributed by atoms with van der Waals surface area (Å²) in [6, 6.07) is 50.5. The highest BCUT2D eigenvalue weighted by atomic mass is 16.7.